The lowest BCUT2D eigenvalue weighted by Gasteiger charge is -2.05. The SMILES string of the molecule is COc1cc2onc(Br)c2cc1OC. The minimum Gasteiger partial charge on any atom is -0.493 e. The number of nitrogens with zero attached hydrogens (tertiary/aromatic N) is 1. The van der Waals surface area contributed by atoms with Crippen LogP contribution in [0.3, 0.4) is 0 Å². The van der Waals surface area contributed by atoms with Crippen molar-refractivity contribution < 1.29 is 14.0 Å². The van der Waals surface area contributed by atoms with Crippen LogP contribution in [0, 0.1) is 0 Å². The van der Waals surface area contributed by atoms with Crippen LogP contribution in [0.4, 0.5) is 0 Å². The summed E-state index contributed by atoms with van der Waals surface area (Å²) in [6.45, 7) is 0. The molecule has 0 atom stereocenters. The molecule has 0 N–H and O–H groups in total. The molecule has 2 aromatic rings. The maximum absolute atomic E-state index is 5.15. The van der Waals surface area contributed by atoms with E-state index in [4.69, 9.17) is 14.0 Å². The van der Waals surface area contributed by atoms with Gasteiger partial charge in [-0.3, -0.25) is 0 Å². The highest BCUT2D eigenvalue weighted by atomic mass is 79.9. The summed E-state index contributed by atoms with van der Waals surface area (Å²) in [6, 6.07) is 3.56. The standard InChI is InChI=1S/C9H8BrNO3/c1-12-7-3-5-6(4-8(7)13-2)14-11-9(5)10/h3-4H,1-2H3. The molecule has 0 bridgehead atoms. The van der Waals surface area contributed by atoms with Crippen molar-refractivity contribution in [2.75, 3.05) is 14.2 Å². The van der Waals surface area contributed by atoms with Gasteiger partial charge in [-0.25, -0.2) is 0 Å². The van der Waals surface area contributed by atoms with E-state index in [1.807, 2.05) is 6.07 Å². The number of fused-ring (bicyclic) bond motifs is 1. The van der Waals surface area contributed by atoms with E-state index in [-0.39, 0.29) is 0 Å². The maximum atomic E-state index is 5.15. The van der Waals surface area contributed by atoms with Crippen LogP contribution >= 0.6 is 15.9 Å². The second-order valence-corrected chi connectivity index (χ2v) is 3.43. The fraction of sp³-hybridized carbons (Fsp3) is 0.222. The number of halogens is 1. The minimum absolute atomic E-state index is 0.628. The molecule has 0 spiro atoms. The third-order valence-electron chi connectivity index (χ3n) is 1.93. The number of hydrogen-bond donors (Lipinski definition) is 0. The number of ether oxygens (including phenoxy) is 2. The first-order valence-corrected chi connectivity index (χ1v) is 4.72. The summed E-state index contributed by atoms with van der Waals surface area (Å²) in [6.07, 6.45) is 0. The van der Waals surface area contributed by atoms with Gasteiger partial charge in [-0.1, -0.05) is 5.16 Å². The van der Waals surface area contributed by atoms with Crippen LogP contribution in [0.25, 0.3) is 11.0 Å². The molecule has 14 heavy (non-hydrogen) atoms. The maximum Gasteiger partial charge on any atom is 0.172 e. The van der Waals surface area contributed by atoms with Gasteiger partial charge in [-0.15, -0.1) is 0 Å². The van der Waals surface area contributed by atoms with Crippen LogP contribution in [-0.4, -0.2) is 19.4 Å². The fourth-order valence-corrected chi connectivity index (χ4v) is 1.62. The van der Waals surface area contributed by atoms with Crippen LogP contribution in [0.15, 0.2) is 21.3 Å². The van der Waals surface area contributed by atoms with Crippen LogP contribution < -0.4 is 9.47 Å². The van der Waals surface area contributed by atoms with E-state index < -0.39 is 0 Å². The zero-order valence-electron chi connectivity index (χ0n) is 7.70. The highest BCUT2D eigenvalue weighted by Crippen LogP contribution is 2.34. The lowest BCUT2D eigenvalue weighted by molar-refractivity contribution is 0.354. The molecule has 4 nitrogen and oxygen atoms in total. The molecule has 0 aliphatic heterocycles. The average molecular weight is 258 g/mol. The molecule has 0 aliphatic carbocycles. The van der Waals surface area contributed by atoms with Crippen molar-refractivity contribution in [3.05, 3.63) is 16.7 Å². The second kappa shape index (κ2) is 3.49. The Kier molecular flexibility index (Phi) is 2.33. The van der Waals surface area contributed by atoms with Gasteiger partial charge in [0.1, 0.15) is 0 Å². The Hall–Kier alpha value is -1.23. The lowest BCUT2D eigenvalue weighted by Crippen LogP contribution is -1.89. The molecule has 0 radical (unpaired) electrons. The van der Waals surface area contributed by atoms with Gasteiger partial charge in [0.2, 0.25) is 0 Å². The summed E-state index contributed by atoms with van der Waals surface area (Å²) in [7, 11) is 3.17. The highest BCUT2D eigenvalue weighted by Gasteiger charge is 2.11. The smallest absolute Gasteiger partial charge is 0.172 e. The molecule has 0 amide bonds. The Bertz CT molecular complexity index is 466. The van der Waals surface area contributed by atoms with Crippen molar-refractivity contribution in [3.63, 3.8) is 0 Å². The average Bonchev–Trinajstić information content (AvgIpc) is 2.58. The minimum atomic E-state index is 0.628. The lowest BCUT2D eigenvalue weighted by atomic mass is 10.2. The van der Waals surface area contributed by atoms with E-state index in [1.54, 1.807) is 20.3 Å². The van der Waals surface area contributed by atoms with E-state index in [0.717, 1.165) is 5.39 Å². The first-order chi connectivity index (χ1) is 6.76. The van der Waals surface area contributed by atoms with Crippen molar-refractivity contribution in [2.24, 2.45) is 0 Å². The third kappa shape index (κ3) is 1.33. The molecular weight excluding hydrogens is 250 g/mol. The Morgan fingerprint density at radius 3 is 2.50 bits per heavy atom. The molecule has 2 rings (SSSR count). The van der Waals surface area contributed by atoms with Crippen LogP contribution in [0.5, 0.6) is 11.5 Å². The number of hydrogen-bond acceptors (Lipinski definition) is 4. The predicted molar refractivity (Wildman–Crippen MR) is 54.8 cm³/mol. The Balaban J connectivity index is 2.71. The van der Waals surface area contributed by atoms with Crippen molar-refractivity contribution in [1.29, 1.82) is 0 Å². The molecule has 0 saturated carbocycles. The van der Waals surface area contributed by atoms with Crippen molar-refractivity contribution in [3.8, 4) is 11.5 Å². The second-order valence-electron chi connectivity index (χ2n) is 2.68. The highest BCUT2D eigenvalue weighted by molar-refractivity contribution is 9.10. The monoisotopic (exact) mass is 257 g/mol. The normalized spacial score (nSPS) is 10.5. The van der Waals surface area contributed by atoms with Gasteiger partial charge in [0.15, 0.2) is 21.7 Å². The van der Waals surface area contributed by atoms with Gasteiger partial charge in [-0.05, 0) is 22.0 Å². The van der Waals surface area contributed by atoms with Crippen molar-refractivity contribution >= 4 is 26.9 Å². The molecule has 1 heterocycles. The zero-order chi connectivity index (χ0) is 10.1. The summed E-state index contributed by atoms with van der Waals surface area (Å²) in [5.74, 6) is 1.28. The van der Waals surface area contributed by atoms with Gasteiger partial charge in [0.05, 0.1) is 19.6 Å². The Labute approximate surface area is 88.9 Å². The van der Waals surface area contributed by atoms with Crippen molar-refractivity contribution in [2.45, 2.75) is 0 Å². The Morgan fingerprint density at radius 2 is 1.86 bits per heavy atom. The van der Waals surface area contributed by atoms with E-state index in [0.29, 0.717) is 21.7 Å². The van der Waals surface area contributed by atoms with Crippen molar-refractivity contribution in [1.82, 2.24) is 5.16 Å². The fourth-order valence-electron chi connectivity index (χ4n) is 1.24. The molecular formula is C9H8BrNO3. The molecule has 0 fully saturated rings. The van der Waals surface area contributed by atoms with Gasteiger partial charge in [0.25, 0.3) is 0 Å². The van der Waals surface area contributed by atoms with Crippen LogP contribution in [0.2, 0.25) is 0 Å². The first-order valence-electron chi connectivity index (χ1n) is 3.93. The molecule has 74 valence electrons. The van der Waals surface area contributed by atoms with Gasteiger partial charge < -0.3 is 14.0 Å². The number of aromatic nitrogens is 1. The quantitative estimate of drug-likeness (QED) is 0.830. The molecule has 1 aromatic heterocycles. The predicted octanol–water partition coefficient (Wildman–Crippen LogP) is 2.61. The van der Waals surface area contributed by atoms with E-state index in [9.17, 15) is 0 Å². The topological polar surface area (TPSA) is 44.5 Å². The number of methoxy groups -OCH3 is 2. The molecule has 5 heteroatoms. The van der Waals surface area contributed by atoms with Crippen LogP contribution in [-0.2, 0) is 0 Å². The largest absolute Gasteiger partial charge is 0.493 e. The van der Waals surface area contributed by atoms with Gasteiger partial charge >= 0.3 is 0 Å². The Morgan fingerprint density at radius 1 is 1.21 bits per heavy atom. The summed E-state index contributed by atoms with van der Waals surface area (Å²) < 4.78 is 16.0. The summed E-state index contributed by atoms with van der Waals surface area (Å²) in [5, 5.41) is 4.64. The molecule has 0 saturated heterocycles. The summed E-state index contributed by atoms with van der Waals surface area (Å²) in [4.78, 5) is 0. The van der Waals surface area contributed by atoms with Gasteiger partial charge in [0, 0.05) is 6.07 Å². The first kappa shape index (κ1) is 9.33. The third-order valence-corrected chi connectivity index (χ3v) is 2.50. The molecule has 1 aromatic carbocycles. The molecule has 0 unspecified atom stereocenters. The summed E-state index contributed by atoms with van der Waals surface area (Å²) >= 11 is 3.28. The van der Waals surface area contributed by atoms with E-state index in [1.165, 1.54) is 0 Å². The van der Waals surface area contributed by atoms with E-state index in [2.05, 4.69) is 21.1 Å². The number of rotatable bonds is 2. The summed E-state index contributed by atoms with van der Waals surface area (Å²) in [5.41, 5.74) is 0.662. The van der Waals surface area contributed by atoms with E-state index >= 15 is 0 Å². The molecule has 0 aliphatic rings. The van der Waals surface area contributed by atoms with Gasteiger partial charge in [-0.2, -0.15) is 0 Å². The zero-order valence-corrected chi connectivity index (χ0v) is 9.29. The van der Waals surface area contributed by atoms with Crippen LogP contribution in [0.1, 0.15) is 0 Å². The number of benzene rings is 1.